The number of para-hydroxylation sites is 1. The molecule has 0 saturated heterocycles. The van der Waals surface area contributed by atoms with E-state index in [1.807, 2.05) is 0 Å². The Balaban J connectivity index is 1.55. The largest absolute Gasteiger partial charge is 0.341 e. The van der Waals surface area contributed by atoms with Crippen LogP contribution in [0, 0.1) is 5.92 Å². The van der Waals surface area contributed by atoms with E-state index in [1.54, 1.807) is 0 Å². The Labute approximate surface area is 233 Å². The van der Waals surface area contributed by atoms with Crippen LogP contribution in [0.2, 0.25) is 6.55 Å². The van der Waals surface area contributed by atoms with E-state index in [0.29, 0.717) is 5.92 Å². The Bertz CT molecular complexity index is 1710. The van der Waals surface area contributed by atoms with Crippen molar-refractivity contribution in [1.82, 2.24) is 9.55 Å². The van der Waals surface area contributed by atoms with Crippen molar-refractivity contribution in [3.8, 4) is 11.3 Å². The molecule has 39 heavy (non-hydrogen) atoms. The van der Waals surface area contributed by atoms with Crippen molar-refractivity contribution in [3.63, 3.8) is 0 Å². The SMILES string of the molecule is CCn1c2ccccc2c2cc(-c3cc(CC(C)C)c([Si](C)(c4ccccc4)c4ccccc4)cn3)ccc21. The highest BCUT2D eigenvalue weighted by molar-refractivity contribution is 7.10. The number of aromatic nitrogens is 2. The number of rotatable bonds is 7. The molecular formula is C36H36N2Si. The third-order valence-corrected chi connectivity index (χ3v) is 12.7. The molecule has 194 valence electrons. The first kappa shape index (κ1) is 25.3. The average molecular weight is 525 g/mol. The van der Waals surface area contributed by atoms with Gasteiger partial charge < -0.3 is 4.57 Å². The van der Waals surface area contributed by atoms with Crippen LogP contribution in [0.5, 0.6) is 0 Å². The molecule has 0 unspecified atom stereocenters. The summed E-state index contributed by atoms with van der Waals surface area (Å²) in [6.07, 6.45) is 3.24. The molecule has 0 saturated carbocycles. The van der Waals surface area contributed by atoms with E-state index in [-0.39, 0.29) is 0 Å². The van der Waals surface area contributed by atoms with Crippen LogP contribution < -0.4 is 15.6 Å². The summed E-state index contributed by atoms with van der Waals surface area (Å²) in [6.45, 7) is 10.3. The summed E-state index contributed by atoms with van der Waals surface area (Å²) in [6, 6.07) is 40.2. The summed E-state index contributed by atoms with van der Waals surface area (Å²) in [7, 11) is -2.26. The molecule has 6 rings (SSSR count). The van der Waals surface area contributed by atoms with Gasteiger partial charge in [-0.05, 0) is 64.7 Å². The minimum absolute atomic E-state index is 0.550. The van der Waals surface area contributed by atoms with Crippen LogP contribution in [-0.2, 0) is 13.0 Å². The fraction of sp³-hybridized carbons (Fsp3) is 0.194. The summed E-state index contributed by atoms with van der Waals surface area (Å²) < 4.78 is 2.41. The molecule has 0 atom stereocenters. The molecule has 6 aromatic rings. The molecule has 0 spiro atoms. The molecule has 2 aromatic heterocycles. The van der Waals surface area contributed by atoms with E-state index in [2.05, 4.69) is 147 Å². The van der Waals surface area contributed by atoms with Crippen molar-refractivity contribution in [2.75, 3.05) is 0 Å². The lowest BCUT2D eigenvalue weighted by molar-refractivity contribution is 0.649. The highest BCUT2D eigenvalue weighted by Gasteiger charge is 2.36. The maximum absolute atomic E-state index is 5.18. The van der Waals surface area contributed by atoms with Crippen LogP contribution in [0.4, 0.5) is 0 Å². The summed E-state index contributed by atoms with van der Waals surface area (Å²) in [5, 5.41) is 6.87. The maximum atomic E-state index is 5.18. The third kappa shape index (κ3) is 4.41. The Morgan fingerprint density at radius 1 is 0.718 bits per heavy atom. The van der Waals surface area contributed by atoms with E-state index in [1.165, 1.54) is 48.5 Å². The van der Waals surface area contributed by atoms with E-state index in [9.17, 15) is 0 Å². The fourth-order valence-corrected chi connectivity index (χ4v) is 10.1. The van der Waals surface area contributed by atoms with Gasteiger partial charge in [0.2, 0.25) is 0 Å². The predicted molar refractivity (Wildman–Crippen MR) is 170 cm³/mol. The molecule has 0 fully saturated rings. The van der Waals surface area contributed by atoms with Crippen molar-refractivity contribution in [2.24, 2.45) is 5.92 Å². The van der Waals surface area contributed by atoms with Gasteiger partial charge in [0.1, 0.15) is 8.07 Å². The van der Waals surface area contributed by atoms with E-state index >= 15 is 0 Å². The number of pyridine rings is 1. The predicted octanol–water partition coefficient (Wildman–Crippen LogP) is 7.17. The van der Waals surface area contributed by atoms with Gasteiger partial charge in [-0.15, -0.1) is 0 Å². The van der Waals surface area contributed by atoms with Gasteiger partial charge >= 0.3 is 0 Å². The topological polar surface area (TPSA) is 17.8 Å². The number of nitrogens with zero attached hydrogens (tertiary/aromatic N) is 2. The minimum atomic E-state index is -2.26. The van der Waals surface area contributed by atoms with Crippen molar-refractivity contribution in [2.45, 2.75) is 40.3 Å². The van der Waals surface area contributed by atoms with E-state index < -0.39 is 8.07 Å². The average Bonchev–Trinajstić information content (AvgIpc) is 3.30. The third-order valence-electron chi connectivity index (χ3n) is 8.24. The standard InChI is InChI=1S/C36H36N2Si/c1-5-38-34-19-13-12-18-31(34)32-23-27(20-21-35(32)38)33-24-28(22-26(2)3)36(25-37-33)39(4,29-14-8-6-9-15-29)30-16-10-7-11-17-30/h6-21,23-26H,5,22H2,1-4H3. The first-order chi connectivity index (χ1) is 19.0. The second-order valence-corrected chi connectivity index (χ2v) is 15.1. The number of benzene rings is 4. The molecule has 0 N–H and O–H groups in total. The summed E-state index contributed by atoms with van der Waals surface area (Å²) in [4.78, 5) is 5.18. The van der Waals surface area contributed by atoms with Gasteiger partial charge in [0.05, 0.1) is 5.69 Å². The maximum Gasteiger partial charge on any atom is 0.147 e. The van der Waals surface area contributed by atoms with Gasteiger partial charge in [0.15, 0.2) is 0 Å². The van der Waals surface area contributed by atoms with Crippen LogP contribution >= 0.6 is 0 Å². The van der Waals surface area contributed by atoms with Crippen LogP contribution in [0.15, 0.2) is 115 Å². The van der Waals surface area contributed by atoms with Crippen molar-refractivity contribution < 1.29 is 0 Å². The van der Waals surface area contributed by atoms with Gasteiger partial charge in [0, 0.05) is 40.1 Å². The molecule has 0 bridgehead atoms. The van der Waals surface area contributed by atoms with Crippen LogP contribution in [0.1, 0.15) is 26.3 Å². The molecule has 0 aliphatic carbocycles. The zero-order chi connectivity index (χ0) is 27.0. The molecule has 0 radical (unpaired) electrons. The number of aryl methyl sites for hydroxylation is 1. The lowest BCUT2D eigenvalue weighted by Crippen LogP contribution is -2.65. The molecule has 2 heterocycles. The molecule has 0 aliphatic heterocycles. The van der Waals surface area contributed by atoms with E-state index in [0.717, 1.165) is 18.7 Å². The van der Waals surface area contributed by atoms with Crippen molar-refractivity contribution >= 4 is 45.4 Å². The van der Waals surface area contributed by atoms with Gasteiger partial charge in [-0.2, -0.15) is 0 Å². The Morgan fingerprint density at radius 3 is 1.97 bits per heavy atom. The normalized spacial score (nSPS) is 12.0. The summed E-state index contributed by atoms with van der Waals surface area (Å²) in [5.41, 5.74) is 6.24. The van der Waals surface area contributed by atoms with Crippen molar-refractivity contribution in [3.05, 3.63) is 121 Å². The molecule has 4 aromatic carbocycles. The Morgan fingerprint density at radius 2 is 1.33 bits per heavy atom. The van der Waals surface area contributed by atoms with Crippen molar-refractivity contribution in [1.29, 1.82) is 0 Å². The van der Waals surface area contributed by atoms with Crippen LogP contribution in [0.3, 0.4) is 0 Å². The highest BCUT2D eigenvalue weighted by Crippen LogP contribution is 2.32. The number of hydrogen-bond acceptors (Lipinski definition) is 1. The molecule has 2 nitrogen and oxygen atoms in total. The summed E-state index contributed by atoms with van der Waals surface area (Å²) >= 11 is 0. The first-order valence-electron chi connectivity index (χ1n) is 14.1. The van der Waals surface area contributed by atoms with Gasteiger partial charge in [-0.3, -0.25) is 4.98 Å². The molecule has 3 heteroatoms. The van der Waals surface area contributed by atoms with Crippen LogP contribution in [-0.4, -0.2) is 17.6 Å². The van der Waals surface area contributed by atoms with E-state index in [4.69, 9.17) is 4.98 Å². The molecule has 0 aliphatic rings. The van der Waals surface area contributed by atoms with Gasteiger partial charge in [-0.25, -0.2) is 0 Å². The summed E-state index contributed by atoms with van der Waals surface area (Å²) in [5.74, 6) is 0.550. The number of hydrogen-bond donors (Lipinski definition) is 0. The zero-order valence-corrected chi connectivity index (χ0v) is 24.4. The minimum Gasteiger partial charge on any atom is -0.341 e. The highest BCUT2D eigenvalue weighted by atomic mass is 28.3. The van der Waals surface area contributed by atoms with Gasteiger partial charge in [0.25, 0.3) is 0 Å². The monoisotopic (exact) mass is 524 g/mol. The van der Waals surface area contributed by atoms with Crippen LogP contribution in [0.25, 0.3) is 33.1 Å². The number of fused-ring (bicyclic) bond motifs is 3. The zero-order valence-electron chi connectivity index (χ0n) is 23.4. The molecular weight excluding hydrogens is 488 g/mol. The second-order valence-electron chi connectivity index (χ2n) is 11.2. The van der Waals surface area contributed by atoms with Gasteiger partial charge in [-0.1, -0.05) is 105 Å². The first-order valence-corrected chi connectivity index (χ1v) is 16.6. The fourth-order valence-electron chi connectivity index (χ4n) is 6.29. The molecule has 0 amide bonds. The smallest absolute Gasteiger partial charge is 0.147 e. The lowest BCUT2D eigenvalue weighted by Gasteiger charge is -2.32. The Hall–Kier alpha value is -3.95. The Kier molecular flexibility index (Phi) is 6.70. The lowest BCUT2D eigenvalue weighted by atomic mass is 10.0. The second kappa shape index (κ2) is 10.3. The quantitative estimate of drug-likeness (QED) is 0.202.